The van der Waals surface area contributed by atoms with Crippen LogP contribution >= 0.6 is 0 Å². The molecule has 2 fully saturated rings. The van der Waals surface area contributed by atoms with Crippen LogP contribution in [0.4, 0.5) is 0 Å². The topological polar surface area (TPSA) is 36.4 Å². The number of carbonyl (C=O) groups is 1. The van der Waals surface area contributed by atoms with E-state index in [9.17, 15) is 4.79 Å². The molecule has 2 aliphatic rings. The fourth-order valence-electron chi connectivity index (χ4n) is 3.00. The number of rotatable bonds is 1. The number of aryl methyl sites for hydroxylation is 1. The average Bonchev–Trinajstić information content (AvgIpc) is 2.21. The molecule has 0 unspecified atom stereocenters. The van der Waals surface area contributed by atoms with Gasteiger partial charge in [-0.15, -0.1) is 0 Å². The number of hydrogen-bond donors (Lipinski definition) is 0. The van der Waals surface area contributed by atoms with Crippen LogP contribution in [0.3, 0.4) is 0 Å². The first-order chi connectivity index (χ1) is 8.10. The number of carbonyl (C=O) groups excluding carboxylic acids is 1. The summed E-state index contributed by atoms with van der Waals surface area (Å²) in [6.45, 7) is 5.94. The van der Waals surface area contributed by atoms with Crippen molar-refractivity contribution < 1.29 is 4.79 Å². The smallest absolute Gasteiger partial charge is 0.256 e. The number of amides is 1. The maximum absolute atomic E-state index is 12.2. The van der Waals surface area contributed by atoms with Crippen LogP contribution in [0, 0.1) is 18.5 Å². The molecular weight excluding hydrogens is 214 g/mol. The monoisotopic (exact) mass is 230 g/mol. The van der Waals surface area contributed by atoms with Crippen LogP contribution in [0.5, 0.6) is 0 Å². The highest BCUT2D eigenvalue weighted by Crippen LogP contribution is 2.39. The summed E-state index contributed by atoms with van der Waals surface area (Å²) >= 11 is 0. The maximum Gasteiger partial charge on any atom is 0.256 e. The van der Waals surface area contributed by atoms with Crippen LogP contribution in [0.15, 0.2) is 12.3 Å². The van der Waals surface area contributed by atoms with Gasteiger partial charge in [-0.2, -0.15) is 0 Å². The van der Waals surface area contributed by atoms with Gasteiger partial charge in [-0.1, -0.05) is 0 Å². The van der Waals surface area contributed by atoms with Crippen molar-refractivity contribution in [1.29, 1.82) is 0 Å². The van der Waals surface area contributed by atoms with E-state index in [0.717, 1.165) is 31.7 Å². The van der Waals surface area contributed by atoms with Gasteiger partial charge in [0.25, 0.3) is 5.91 Å². The van der Waals surface area contributed by atoms with Gasteiger partial charge in [-0.05, 0) is 25.6 Å². The van der Waals surface area contributed by atoms with Gasteiger partial charge >= 0.3 is 0 Å². The van der Waals surface area contributed by atoms with Crippen LogP contribution < -0.4 is 0 Å². The molecule has 3 heterocycles. The largest absolute Gasteiger partial charge is 0.337 e. The zero-order chi connectivity index (χ0) is 12.0. The van der Waals surface area contributed by atoms with Crippen molar-refractivity contribution in [2.75, 3.05) is 33.2 Å². The zero-order valence-electron chi connectivity index (χ0n) is 10.2. The molecule has 1 spiro atoms. The first kappa shape index (κ1) is 10.7. The quantitative estimate of drug-likeness (QED) is 0.708. The highest BCUT2D eigenvalue weighted by molar-refractivity contribution is 5.95. The van der Waals surface area contributed by atoms with Gasteiger partial charge in [0, 0.05) is 37.8 Å². The van der Waals surface area contributed by atoms with Gasteiger partial charge in [0.15, 0.2) is 0 Å². The molecule has 89 valence electrons. The molecule has 1 amide bonds. The molecule has 0 atom stereocenters. The normalized spacial score (nSPS) is 22.1. The van der Waals surface area contributed by atoms with Crippen LogP contribution in [0.1, 0.15) is 15.9 Å². The molecule has 2 saturated heterocycles. The van der Waals surface area contributed by atoms with Crippen LogP contribution in [0.25, 0.3) is 0 Å². The van der Waals surface area contributed by atoms with Gasteiger partial charge < -0.3 is 9.80 Å². The highest BCUT2D eigenvalue weighted by atomic mass is 16.2. The Hall–Kier alpha value is -1.42. The van der Waals surface area contributed by atoms with Crippen molar-refractivity contribution in [3.63, 3.8) is 0 Å². The van der Waals surface area contributed by atoms with Gasteiger partial charge in [0.2, 0.25) is 0 Å². The fraction of sp³-hybridized carbons (Fsp3) is 0.538. The van der Waals surface area contributed by atoms with E-state index in [0.29, 0.717) is 11.0 Å². The maximum atomic E-state index is 12.2. The fourth-order valence-corrected chi connectivity index (χ4v) is 3.00. The summed E-state index contributed by atoms with van der Waals surface area (Å²) in [5.74, 6) is 0.0794. The summed E-state index contributed by atoms with van der Waals surface area (Å²) in [5.41, 5.74) is 1.97. The van der Waals surface area contributed by atoms with Gasteiger partial charge in [0.05, 0.1) is 5.56 Å². The van der Waals surface area contributed by atoms with E-state index in [4.69, 9.17) is 0 Å². The minimum Gasteiger partial charge on any atom is -0.337 e. The lowest BCUT2D eigenvalue weighted by molar-refractivity contribution is -0.0872. The van der Waals surface area contributed by atoms with E-state index in [2.05, 4.69) is 23.1 Å². The summed E-state index contributed by atoms with van der Waals surface area (Å²) in [6.07, 6.45) is 4.48. The van der Waals surface area contributed by atoms with E-state index in [1.165, 1.54) is 0 Å². The molecule has 1 aromatic heterocycles. The molecule has 4 heteroatoms. The molecule has 0 bridgehead atoms. The van der Waals surface area contributed by atoms with Gasteiger partial charge in [0.1, 0.15) is 6.20 Å². The summed E-state index contributed by atoms with van der Waals surface area (Å²) in [4.78, 5) is 20.3. The lowest BCUT2D eigenvalue weighted by atomic mass is 9.73. The molecule has 0 aromatic carbocycles. The number of hydrogen-bond acceptors (Lipinski definition) is 3. The summed E-state index contributed by atoms with van der Waals surface area (Å²) in [6, 6.07) is 1.86. The zero-order valence-corrected chi connectivity index (χ0v) is 10.2. The Bertz CT molecular complexity index is 457. The summed E-state index contributed by atoms with van der Waals surface area (Å²) in [7, 11) is 2.12. The Labute approximate surface area is 101 Å². The van der Waals surface area contributed by atoms with Crippen molar-refractivity contribution >= 4 is 5.91 Å². The van der Waals surface area contributed by atoms with E-state index < -0.39 is 0 Å². The Balaban J connectivity index is 1.68. The van der Waals surface area contributed by atoms with Crippen molar-refractivity contribution in [1.82, 2.24) is 14.8 Å². The Morgan fingerprint density at radius 2 is 2.12 bits per heavy atom. The molecule has 1 radical (unpaired) electrons. The third-order valence-electron chi connectivity index (χ3n) is 3.73. The Kier molecular flexibility index (Phi) is 2.23. The van der Waals surface area contributed by atoms with Gasteiger partial charge in [-0.25, -0.2) is 0 Å². The van der Waals surface area contributed by atoms with Crippen LogP contribution in [-0.4, -0.2) is 53.9 Å². The third-order valence-corrected chi connectivity index (χ3v) is 3.73. The highest BCUT2D eigenvalue weighted by Gasteiger charge is 2.51. The van der Waals surface area contributed by atoms with E-state index >= 15 is 0 Å². The number of aromatic nitrogens is 1. The summed E-state index contributed by atoms with van der Waals surface area (Å²) < 4.78 is 0. The number of nitrogens with zero attached hydrogens (tertiary/aromatic N) is 3. The molecule has 1 aromatic rings. The first-order valence-electron chi connectivity index (χ1n) is 5.91. The van der Waals surface area contributed by atoms with Crippen molar-refractivity contribution in [2.45, 2.75) is 6.92 Å². The molecule has 2 aliphatic heterocycles. The Morgan fingerprint density at radius 3 is 2.71 bits per heavy atom. The molecule has 0 aliphatic carbocycles. The number of pyridine rings is 1. The second-order valence-electron chi connectivity index (χ2n) is 5.45. The Morgan fingerprint density at radius 1 is 1.41 bits per heavy atom. The third kappa shape index (κ3) is 1.63. The standard InChI is InChI=1S/C13H16N3O/c1-10-3-4-14-5-11(10)12(17)16-8-13(9-16)6-15(2)7-13/h3-4H,6-9H2,1-2H3. The molecule has 0 saturated carbocycles. The minimum absolute atomic E-state index is 0.0794. The van der Waals surface area contributed by atoms with E-state index in [1.54, 1.807) is 6.20 Å². The van der Waals surface area contributed by atoms with Crippen molar-refractivity contribution in [3.8, 4) is 0 Å². The molecule has 3 rings (SSSR count). The number of likely N-dealkylation sites (tertiary alicyclic amines) is 2. The van der Waals surface area contributed by atoms with Crippen molar-refractivity contribution in [2.24, 2.45) is 5.41 Å². The predicted molar refractivity (Wildman–Crippen MR) is 63.6 cm³/mol. The van der Waals surface area contributed by atoms with Crippen molar-refractivity contribution in [3.05, 3.63) is 29.6 Å². The SMILES string of the molecule is Cc1ccn[c]c1C(=O)N1CC2(CN(C)C2)C1. The molecule has 4 nitrogen and oxygen atoms in total. The summed E-state index contributed by atoms with van der Waals surface area (Å²) in [5, 5.41) is 0. The second-order valence-corrected chi connectivity index (χ2v) is 5.45. The van der Waals surface area contributed by atoms with Gasteiger partial charge in [-0.3, -0.25) is 9.78 Å². The van der Waals surface area contributed by atoms with Crippen LogP contribution in [-0.2, 0) is 0 Å². The molecular formula is C13H16N3O. The lowest BCUT2D eigenvalue weighted by Gasteiger charge is -2.59. The minimum atomic E-state index is 0.0794. The second kappa shape index (κ2) is 3.53. The van der Waals surface area contributed by atoms with E-state index in [-0.39, 0.29) is 5.91 Å². The molecule has 0 N–H and O–H groups in total. The van der Waals surface area contributed by atoms with E-state index in [1.807, 2.05) is 17.9 Å². The lowest BCUT2D eigenvalue weighted by Crippen LogP contribution is -2.72. The average molecular weight is 230 g/mol. The first-order valence-corrected chi connectivity index (χ1v) is 5.91. The van der Waals surface area contributed by atoms with Crippen LogP contribution in [0.2, 0.25) is 0 Å². The molecule has 17 heavy (non-hydrogen) atoms. The predicted octanol–water partition coefficient (Wildman–Crippen LogP) is 0.578.